The predicted molar refractivity (Wildman–Crippen MR) is 67.0 cm³/mol. The average Bonchev–Trinajstić information content (AvgIpc) is 2.38. The maximum absolute atomic E-state index is 9.29. The maximum atomic E-state index is 9.29. The monoisotopic (exact) mass is 237 g/mol. The van der Waals surface area contributed by atoms with Crippen molar-refractivity contribution in [2.45, 2.75) is 25.4 Å². The van der Waals surface area contributed by atoms with Gasteiger partial charge in [0.2, 0.25) is 0 Å². The summed E-state index contributed by atoms with van der Waals surface area (Å²) in [6, 6.07) is 9.46. The summed E-state index contributed by atoms with van der Waals surface area (Å²) in [5.74, 6) is 0.108. The van der Waals surface area contributed by atoms with Crippen molar-refractivity contribution in [3.05, 3.63) is 35.9 Å². The van der Waals surface area contributed by atoms with Gasteiger partial charge in [-0.25, -0.2) is 0 Å². The van der Waals surface area contributed by atoms with E-state index in [-0.39, 0.29) is 24.5 Å². The second-order valence-electron chi connectivity index (χ2n) is 3.98. The lowest BCUT2D eigenvalue weighted by atomic mass is 10.1. The lowest BCUT2D eigenvalue weighted by molar-refractivity contribution is 0.238. The first-order chi connectivity index (χ1) is 8.17. The molecule has 5 heteroatoms. The molecular weight excluding hydrogens is 218 g/mol. The van der Waals surface area contributed by atoms with Gasteiger partial charge in [0.25, 0.3) is 0 Å². The van der Waals surface area contributed by atoms with Gasteiger partial charge in [0.15, 0.2) is 5.84 Å². The molecule has 0 spiro atoms. The number of aliphatic hydroxyl groups is 1. The van der Waals surface area contributed by atoms with Crippen molar-refractivity contribution in [3.63, 3.8) is 0 Å². The maximum Gasteiger partial charge on any atom is 0.156 e. The molecule has 0 aromatic heterocycles. The first kappa shape index (κ1) is 13.5. The van der Waals surface area contributed by atoms with Crippen molar-refractivity contribution >= 4 is 5.84 Å². The molecule has 2 unspecified atom stereocenters. The van der Waals surface area contributed by atoms with Crippen LogP contribution in [0.5, 0.6) is 0 Å². The van der Waals surface area contributed by atoms with E-state index in [0.29, 0.717) is 6.42 Å². The number of oxime groups is 1. The Morgan fingerprint density at radius 3 is 2.59 bits per heavy atom. The molecule has 0 bridgehead atoms. The van der Waals surface area contributed by atoms with Crippen LogP contribution in [-0.2, 0) is 6.42 Å². The van der Waals surface area contributed by atoms with E-state index in [2.05, 4.69) is 10.5 Å². The quantitative estimate of drug-likeness (QED) is 0.248. The van der Waals surface area contributed by atoms with E-state index in [9.17, 15) is 5.11 Å². The Balaban J connectivity index is 2.55. The molecule has 5 nitrogen and oxygen atoms in total. The number of nitrogens with zero attached hydrogens (tertiary/aromatic N) is 1. The SMILES string of the molecule is CC(NC(CO)Cc1ccccc1)C(N)=NO. The average molecular weight is 237 g/mol. The zero-order valence-electron chi connectivity index (χ0n) is 9.87. The molecule has 1 rings (SSSR count). The molecule has 2 atom stereocenters. The van der Waals surface area contributed by atoms with Gasteiger partial charge in [-0.05, 0) is 18.9 Å². The van der Waals surface area contributed by atoms with Crippen molar-refractivity contribution in [2.24, 2.45) is 10.9 Å². The summed E-state index contributed by atoms with van der Waals surface area (Å²) >= 11 is 0. The molecular formula is C12H19N3O2. The molecule has 17 heavy (non-hydrogen) atoms. The number of nitrogens with one attached hydrogen (secondary N) is 1. The van der Waals surface area contributed by atoms with Crippen molar-refractivity contribution < 1.29 is 10.3 Å². The van der Waals surface area contributed by atoms with Crippen LogP contribution in [0, 0.1) is 0 Å². The fourth-order valence-corrected chi connectivity index (χ4v) is 1.60. The van der Waals surface area contributed by atoms with Crippen LogP contribution < -0.4 is 11.1 Å². The zero-order chi connectivity index (χ0) is 12.7. The Kier molecular flexibility index (Phi) is 5.45. The van der Waals surface area contributed by atoms with Crippen molar-refractivity contribution in [3.8, 4) is 0 Å². The second kappa shape index (κ2) is 6.88. The molecule has 94 valence electrons. The van der Waals surface area contributed by atoms with Gasteiger partial charge >= 0.3 is 0 Å². The van der Waals surface area contributed by atoms with Crippen molar-refractivity contribution in [2.75, 3.05) is 6.61 Å². The second-order valence-corrected chi connectivity index (χ2v) is 3.98. The van der Waals surface area contributed by atoms with Gasteiger partial charge in [0.05, 0.1) is 12.6 Å². The standard InChI is InChI=1S/C12H19N3O2/c1-9(12(13)15-17)14-11(8-16)7-10-5-3-2-4-6-10/h2-6,9,11,14,16-17H,7-8H2,1H3,(H2,13,15). The Bertz CT molecular complexity index is 354. The molecule has 0 fully saturated rings. The minimum Gasteiger partial charge on any atom is -0.409 e. The lowest BCUT2D eigenvalue weighted by Gasteiger charge is -2.20. The third-order valence-electron chi connectivity index (χ3n) is 2.59. The van der Waals surface area contributed by atoms with Crippen LogP contribution in [0.25, 0.3) is 0 Å². The van der Waals surface area contributed by atoms with Gasteiger partial charge in [-0.2, -0.15) is 0 Å². The third-order valence-corrected chi connectivity index (χ3v) is 2.59. The summed E-state index contributed by atoms with van der Waals surface area (Å²) in [5, 5.41) is 23.9. The van der Waals surface area contributed by atoms with Gasteiger partial charge in [0.1, 0.15) is 0 Å². The van der Waals surface area contributed by atoms with Crippen molar-refractivity contribution in [1.29, 1.82) is 0 Å². The molecule has 0 amide bonds. The van der Waals surface area contributed by atoms with E-state index in [4.69, 9.17) is 10.9 Å². The van der Waals surface area contributed by atoms with Gasteiger partial charge in [-0.15, -0.1) is 0 Å². The summed E-state index contributed by atoms with van der Waals surface area (Å²) in [6.07, 6.45) is 0.695. The third kappa shape index (κ3) is 4.42. The van der Waals surface area contributed by atoms with Crippen LogP contribution >= 0.6 is 0 Å². The highest BCUT2D eigenvalue weighted by Crippen LogP contribution is 2.03. The fourth-order valence-electron chi connectivity index (χ4n) is 1.60. The number of hydrogen-bond acceptors (Lipinski definition) is 4. The number of aliphatic hydroxyl groups excluding tert-OH is 1. The predicted octanol–water partition coefficient (Wildman–Crippen LogP) is 0.314. The number of benzene rings is 1. The van der Waals surface area contributed by atoms with E-state index < -0.39 is 0 Å². The Labute approximate surface area is 101 Å². The highest BCUT2D eigenvalue weighted by molar-refractivity contribution is 5.84. The Morgan fingerprint density at radius 2 is 2.06 bits per heavy atom. The van der Waals surface area contributed by atoms with Gasteiger partial charge in [-0.3, -0.25) is 0 Å². The molecule has 0 saturated carbocycles. The van der Waals surface area contributed by atoms with E-state index in [1.54, 1.807) is 6.92 Å². The molecule has 1 aromatic carbocycles. The Morgan fingerprint density at radius 1 is 1.41 bits per heavy atom. The van der Waals surface area contributed by atoms with Crippen LogP contribution in [-0.4, -0.2) is 34.8 Å². The number of hydrogen-bond donors (Lipinski definition) is 4. The van der Waals surface area contributed by atoms with E-state index in [1.165, 1.54) is 0 Å². The van der Waals surface area contributed by atoms with Crippen LogP contribution in [0.4, 0.5) is 0 Å². The fraction of sp³-hybridized carbons (Fsp3) is 0.417. The minimum atomic E-state index is -0.277. The molecule has 0 heterocycles. The summed E-state index contributed by atoms with van der Waals surface area (Å²) in [5.41, 5.74) is 6.60. The van der Waals surface area contributed by atoms with Gasteiger partial charge < -0.3 is 21.4 Å². The summed E-state index contributed by atoms with van der Waals surface area (Å²) in [6.45, 7) is 1.78. The number of rotatable bonds is 6. The number of nitrogens with two attached hydrogens (primary N) is 1. The largest absolute Gasteiger partial charge is 0.409 e. The van der Waals surface area contributed by atoms with Gasteiger partial charge in [0, 0.05) is 6.04 Å². The number of amidine groups is 1. The molecule has 0 aliphatic carbocycles. The minimum absolute atomic E-state index is 0.00204. The topological polar surface area (TPSA) is 90.9 Å². The summed E-state index contributed by atoms with van der Waals surface area (Å²) in [7, 11) is 0. The zero-order valence-corrected chi connectivity index (χ0v) is 9.87. The normalized spacial score (nSPS) is 15.5. The highest BCUT2D eigenvalue weighted by Gasteiger charge is 2.14. The highest BCUT2D eigenvalue weighted by atomic mass is 16.4. The molecule has 0 radical (unpaired) electrons. The van der Waals surface area contributed by atoms with E-state index >= 15 is 0 Å². The molecule has 0 aliphatic heterocycles. The molecule has 0 aliphatic rings. The van der Waals surface area contributed by atoms with Crippen LogP contribution in [0.2, 0.25) is 0 Å². The lowest BCUT2D eigenvalue weighted by Crippen LogP contribution is -2.47. The summed E-state index contributed by atoms with van der Waals surface area (Å²) < 4.78 is 0. The van der Waals surface area contributed by atoms with Gasteiger partial charge in [-0.1, -0.05) is 35.5 Å². The molecule has 1 aromatic rings. The first-order valence-corrected chi connectivity index (χ1v) is 5.55. The smallest absolute Gasteiger partial charge is 0.156 e. The van der Waals surface area contributed by atoms with E-state index in [0.717, 1.165) is 5.56 Å². The molecule has 0 saturated heterocycles. The van der Waals surface area contributed by atoms with Crippen molar-refractivity contribution in [1.82, 2.24) is 5.32 Å². The van der Waals surface area contributed by atoms with Crippen LogP contribution in [0.1, 0.15) is 12.5 Å². The van der Waals surface area contributed by atoms with E-state index in [1.807, 2.05) is 30.3 Å². The van der Waals surface area contributed by atoms with Crippen LogP contribution in [0.15, 0.2) is 35.5 Å². The Hall–Kier alpha value is -1.59. The first-order valence-electron chi connectivity index (χ1n) is 5.55. The van der Waals surface area contributed by atoms with Crippen LogP contribution in [0.3, 0.4) is 0 Å². The molecule has 5 N–H and O–H groups in total. The summed E-state index contributed by atoms with van der Waals surface area (Å²) in [4.78, 5) is 0.